The van der Waals surface area contributed by atoms with Gasteiger partial charge in [0.2, 0.25) is 5.91 Å². The molecule has 1 aromatic carbocycles. The van der Waals surface area contributed by atoms with Gasteiger partial charge < -0.3 is 19.3 Å². The number of rotatable bonds is 4. The molecule has 2 fully saturated rings. The molecule has 2 amide bonds. The molecule has 0 atom stereocenters. The lowest BCUT2D eigenvalue weighted by molar-refractivity contribution is -0.139. The average Bonchev–Trinajstić information content (AvgIpc) is 2.59. The summed E-state index contributed by atoms with van der Waals surface area (Å²) in [5.74, 6) is 1.61. The van der Waals surface area contributed by atoms with Crippen molar-refractivity contribution in [2.24, 2.45) is 5.92 Å². The van der Waals surface area contributed by atoms with Crippen molar-refractivity contribution in [2.45, 2.75) is 19.3 Å². The van der Waals surface area contributed by atoms with Gasteiger partial charge in [0.05, 0.1) is 14.2 Å². The van der Waals surface area contributed by atoms with Gasteiger partial charge in [0, 0.05) is 43.7 Å². The van der Waals surface area contributed by atoms with Crippen LogP contribution in [-0.2, 0) is 4.79 Å². The van der Waals surface area contributed by atoms with E-state index in [2.05, 4.69) is 0 Å². The molecule has 0 aromatic heterocycles. The molecule has 1 aliphatic heterocycles. The van der Waals surface area contributed by atoms with Gasteiger partial charge in [-0.2, -0.15) is 0 Å². The Bertz CT molecular complexity index is 597. The Balaban J connectivity index is 1.63. The number of hydrogen-bond acceptors (Lipinski definition) is 4. The van der Waals surface area contributed by atoms with Crippen LogP contribution in [0.3, 0.4) is 0 Å². The van der Waals surface area contributed by atoms with Crippen LogP contribution in [0, 0.1) is 5.92 Å². The topological polar surface area (TPSA) is 59.1 Å². The van der Waals surface area contributed by atoms with Gasteiger partial charge in [0.15, 0.2) is 0 Å². The maximum atomic E-state index is 12.7. The summed E-state index contributed by atoms with van der Waals surface area (Å²) in [4.78, 5) is 28.7. The van der Waals surface area contributed by atoms with Gasteiger partial charge in [0.25, 0.3) is 5.91 Å². The van der Waals surface area contributed by atoms with Crippen LogP contribution in [0.5, 0.6) is 11.5 Å². The molecule has 0 N–H and O–H groups in total. The SMILES string of the molecule is COc1cc(OC)cc(C(=O)N2CCN(C(=O)C3CCC3)CC2)c1. The molecule has 0 unspecified atom stereocenters. The van der Waals surface area contributed by atoms with Crippen molar-refractivity contribution in [1.29, 1.82) is 0 Å². The maximum Gasteiger partial charge on any atom is 0.254 e. The summed E-state index contributed by atoms with van der Waals surface area (Å²) in [5, 5.41) is 0. The first-order valence-corrected chi connectivity index (χ1v) is 8.43. The van der Waals surface area contributed by atoms with E-state index in [1.165, 1.54) is 0 Å². The molecular weight excluding hydrogens is 308 g/mol. The van der Waals surface area contributed by atoms with E-state index in [0.29, 0.717) is 43.2 Å². The molecule has 1 aromatic rings. The Hall–Kier alpha value is -2.24. The third kappa shape index (κ3) is 3.32. The highest BCUT2D eigenvalue weighted by molar-refractivity contribution is 5.95. The molecule has 0 radical (unpaired) electrons. The van der Waals surface area contributed by atoms with Crippen molar-refractivity contribution in [3.8, 4) is 11.5 Å². The number of ether oxygens (including phenoxy) is 2. The highest BCUT2D eigenvalue weighted by atomic mass is 16.5. The van der Waals surface area contributed by atoms with E-state index < -0.39 is 0 Å². The molecule has 2 aliphatic rings. The summed E-state index contributed by atoms with van der Waals surface area (Å²) in [6.45, 7) is 2.36. The van der Waals surface area contributed by atoms with E-state index >= 15 is 0 Å². The summed E-state index contributed by atoms with van der Waals surface area (Å²) in [6.07, 6.45) is 3.19. The van der Waals surface area contributed by atoms with Gasteiger partial charge in [-0.1, -0.05) is 6.42 Å². The van der Waals surface area contributed by atoms with E-state index in [4.69, 9.17) is 9.47 Å². The molecule has 6 heteroatoms. The largest absolute Gasteiger partial charge is 0.497 e. The zero-order valence-corrected chi connectivity index (χ0v) is 14.3. The number of piperazine rings is 1. The van der Waals surface area contributed by atoms with Gasteiger partial charge >= 0.3 is 0 Å². The van der Waals surface area contributed by atoms with Gasteiger partial charge in [-0.25, -0.2) is 0 Å². The highest BCUT2D eigenvalue weighted by Gasteiger charge is 2.32. The fourth-order valence-electron chi connectivity index (χ4n) is 3.16. The quantitative estimate of drug-likeness (QED) is 0.843. The second-order valence-electron chi connectivity index (χ2n) is 6.35. The first-order valence-electron chi connectivity index (χ1n) is 8.43. The minimum absolute atomic E-state index is 0.0528. The minimum atomic E-state index is -0.0528. The van der Waals surface area contributed by atoms with Crippen LogP contribution in [0.1, 0.15) is 29.6 Å². The molecule has 0 bridgehead atoms. The Labute approximate surface area is 142 Å². The molecular formula is C18H24N2O4. The number of carbonyl (C=O) groups is 2. The fourth-order valence-corrected chi connectivity index (χ4v) is 3.16. The second kappa shape index (κ2) is 7.11. The Morgan fingerprint density at radius 1 is 0.917 bits per heavy atom. The monoisotopic (exact) mass is 332 g/mol. The molecule has 0 spiro atoms. The number of methoxy groups -OCH3 is 2. The smallest absolute Gasteiger partial charge is 0.254 e. The number of amides is 2. The summed E-state index contributed by atoms with van der Waals surface area (Å²) in [5.41, 5.74) is 0.546. The number of carbonyl (C=O) groups excluding carboxylic acids is 2. The van der Waals surface area contributed by atoms with Crippen molar-refractivity contribution in [1.82, 2.24) is 9.80 Å². The van der Waals surface area contributed by atoms with E-state index in [0.717, 1.165) is 19.3 Å². The first kappa shape index (κ1) is 16.6. The molecule has 1 saturated heterocycles. The molecule has 1 heterocycles. The van der Waals surface area contributed by atoms with E-state index in [1.807, 2.05) is 4.90 Å². The van der Waals surface area contributed by atoms with Crippen LogP contribution in [0.25, 0.3) is 0 Å². The lowest BCUT2D eigenvalue weighted by Crippen LogP contribution is -2.52. The summed E-state index contributed by atoms with van der Waals surface area (Å²) in [6, 6.07) is 5.18. The molecule has 24 heavy (non-hydrogen) atoms. The van der Waals surface area contributed by atoms with Crippen molar-refractivity contribution in [3.05, 3.63) is 23.8 Å². The number of benzene rings is 1. The lowest BCUT2D eigenvalue weighted by atomic mass is 9.84. The molecule has 1 saturated carbocycles. The normalized spacial score (nSPS) is 18.1. The molecule has 3 rings (SSSR count). The van der Waals surface area contributed by atoms with Crippen molar-refractivity contribution < 1.29 is 19.1 Å². The zero-order valence-electron chi connectivity index (χ0n) is 14.3. The Morgan fingerprint density at radius 3 is 1.92 bits per heavy atom. The molecule has 130 valence electrons. The number of hydrogen-bond donors (Lipinski definition) is 0. The Morgan fingerprint density at radius 2 is 1.46 bits per heavy atom. The van der Waals surface area contributed by atoms with Gasteiger partial charge in [-0.3, -0.25) is 9.59 Å². The van der Waals surface area contributed by atoms with Crippen LogP contribution in [0.4, 0.5) is 0 Å². The van der Waals surface area contributed by atoms with Crippen molar-refractivity contribution >= 4 is 11.8 Å². The Kier molecular flexibility index (Phi) is 4.92. The van der Waals surface area contributed by atoms with Crippen LogP contribution >= 0.6 is 0 Å². The number of nitrogens with zero attached hydrogens (tertiary/aromatic N) is 2. The molecule has 6 nitrogen and oxygen atoms in total. The van der Waals surface area contributed by atoms with Gasteiger partial charge in [0.1, 0.15) is 11.5 Å². The molecule has 1 aliphatic carbocycles. The van der Waals surface area contributed by atoms with Gasteiger partial charge in [-0.15, -0.1) is 0 Å². The summed E-state index contributed by atoms with van der Waals surface area (Å²) in [7, 11) is 3.13. The van der Waals surface area contributed by atoms with Crippen LogP contribution in [0.2, 0.25) is 0 Å². The highest BCUT2D eigenvalue weighted by Crippen LogP contribution is 2.29. The average molecular weight is 332 g/mol. The lowest BCUT2D eigenvalue weighted by Gasteiger charge is -2.38. The van der Waals surface area contributed by atoms with E-state index in [9.17, 15) is 9.59 Å². The predicted octanol–water partition coefficient (Wildman–Crippen LogP) is 1.79. The van der Waals surface area contributed by atoms with Crippen LogP contribution in [-0.4, -0.2) is 62.0 Å². The summed E-state index contributed by atoms with van der Waals surface area (Å²) < 4.78 is 10.4. The minimum Gasteiger partial charge on any atom is -0.497 e. The second-order valence-corrected chi connectivity index (χ2v) is 6.35. The summed E-state index contributed by atoms with van der Waals surface area (Å²) >= 11 is 0. The maximum absolute atomic E-state index is 12.7. The van der Waals surface area contributed by atoms with Gasteiger partial charge in [-0.05, 0) is 25.0 Å². The third-order valence-electron chi connectivity index (χ3n) is 4.93. The van der Waals surface area contributed by atoms with Crippen LogP contribution in [0.15, 0.2) is 18.2 Å². The van der Waals surface area contributed by atoms with E-state index in [-0.39, 0.29) is 17.7 Å². The van der Waals surface area contributed by atoms with Crippen LogP contribution < -0.4 is 9.47 Å². The van der Waals surface area contributed by atoms with E-state index in [1.54, 1.807) is 37.3 Å². The third-order valence-corrected chi connectivity index (χ3v) is 4.93. The zero-order chi connectivity index (χ0) is 17.1. The van der Waals surface area contributed by atoms with Crippen molar-refractivity contribution in [3.63, 3.8) is 0 Å². The first-order chi connectivity index (χ1) is 11.6. The van der Waals surface area contributed by atoms with Crippen molar-refractivity contribution in [2.75, 3.05) is 40.4 Å². The standard InChI is InChI=1S/C18H24N2O4/c1-23-15-10-14(11-16(12-15)24-2)18(22)20-8-6-19(7-9-20)17(21)13-4-3-5-13/h10-13H,3-9H2,1-2H3. The predicted molar refractivity (Wildman–Crippen MR) is 89.4 cm³/mol. The fraction of sp³-hybridized carbons (Fsp3) is 0.556.